The Hall–Kier alpha value is -2.38. The summed E-state index contributed by atoms with van der Waals surface area (Å²) in [6.07, 6.45) is 0.338. The molecule has 6 nitrogen and oxygen atoms in total. The zero-order valence-electron chi connectivity index (χ0n) is 17.4. The van der Waals surface area contributed by atoms with Crippen LogP contribution in [-0.4, -0.2) is 26.0 Å². The van der Waals surface area contributed by atoms with Crippen molar-refractivity contribution in [1.82, 2.24) is 4.72 Å². The monoisotopic (exact) mass is 417 g/mol. The summed E-state index contributed by atoms with van der Waals surface area (Å²) in [7, 11) is -3.94. The normalized spacial score (nSPS) is 13.9. The number of carbonyl (C=O) groups is 1. The Kier molecular flexibility index (Phi) is 5.74. The highest BCUT2D eigenvalue weighted by molar-refractivity contribution is 7.89. The van der Waals surface area contributed by atoms with Gasteiger partial charge in [-0.05, 0) is 57.4 Å². The molecule has 0 aliphatic carbocycles. The van der Waals surface area contributed by atoms with Crippen molar-refractivity contribution in [2.45, 2.75) is 57.6 Å². The van der Waals surface area contributed by atoms with Crippen LogP contribution in [0.5, 0.6) is 0 Å². The number of nitrogens with one attached hydrogen (secondary N) is 1. The number of sulfonamides is 1. The Morgan fingerprint density at radius 2 is 1.72 bits per heavy atom. The van der Waals surface area contributed by atoms with E-state index in [0.717, 1.165) is 5.39 Å². The predicted octanol–water partition coefficient (Wildman–Crippen LogP) is 4.62. The third-order valence-electron chi connectivity index (χ3n) is 4.35. The molecule has 0 fully saturated rings. The number of esters is 1. The second kappa shape index (κ2) is 7.80. The Balaban J connectivity index is 1.95. The molecule has 0 aliphatic rings. The minimum Gasteiger partial charge on any atom is -0.459 e. The van der Waals surface area contributed by atoms with Crippen LogP contribution in [0, 0.1) is 5.92 Å². The van der Waals surface area contributed by atoms with Gasteiger partial charge in [-0.3, -0.25) is 4.79 Å². The molecule has 0 saturated heterocycles. The lowest BCUT2D eigenvalue weighted by molar-refractivity contribution is -0.157. The van der Waals surface area contributed by atoms with Crippen LogP contribution in [0.3, 0.4) is 0 Å². The van der Waals surface area contributed by atoms with Crippen molar-refractivity contribution in [3.05, 3.63) is 42.5 Å². The molecule has 1 N–H and O–H groups in total. The van der Waals surface area contributed by atoms with Crippen LogP contribution in [0.4, 0.5) is 0 Å². The highest BCUT2D eigenvalue weighted by Crippen LogP contribution is 2.30. The second-order valence-electron chi connectivity index (χ2n) is 8.59. The Morgan fingerprint density at radius 3 is 2.38 bits per heavy atom. The van der Waals surface area contributed by atoms with E-state index in [4.69, 9.17) is 9.15 Å². The summed E-state index contributed by atoms with van der Waals surface area (Å²) in [4.78, 5) is 12.7. The lowest BCUT2D eigenvalue weighted by Crippen LogP contribution is -2.44. The molecule has 1 unspecified atom stereocenters. The summed E-state index contributed by atoms with van der Waals surface area (Å²) in [5.74, 6) is -0.472. The van der Waals surface area contributed by atoms with E-state index in [-0.39, 0.29) is 10.8 Å². The molecular formula is C22H27NO5S. The fraction of sp³-hybridized carbons (Fsp3) is 0.409. The molecule has 1 atom stereocenters. The first kappa shape index (κ1) is 21.3. The lowest BCUT2D eigenvalue weighted by atomic mass is 10.0. The van der Waals surface area contributed by atoms with E-state index in [1.54, 1.807) is 32.9 Å². The molecule has 0 bridgehead atoms. The average molecular weight is 418 g/mol. The van der Waals surface area contributed by atoms with Crippen molar-refractivity contribution in [3.8, 4) is 0 Å². The largest absolute Gasteiger partial charge is 0.459 e. The first-order valence-electron chi connectivity index (χ1n) is 9.63. The van der Waals surface area contributed by atoms with Crippen LogP contribution >= 0.6 is 0 Å². The van der Waals surface area contributed by atoms with Gasteiger partial charge in [-0.1, -0.05) is 32.0 Å². The zero-order chi connectivity index (χ0) is 21.4. The molecule has 3 rings (SSSR count). The quantitative estimate of drug-likeness (QED) is 0.592. The number of para-hydroxylation sites is 1. The molecule has 0 saturated carbocycles. The number of benzene rings is 2. The molecule has 3 aromatic rings. The van der Waals surface area contributed by atoms with Crippen LogP contribution in [0.25, 0.3) is 21.9 Å². The van der Waals surface area contributed by atoms with Gasteiger partial charge in [0.25, 0.3) is 0 Å². The average Bonchev–Trinajstić information content (AvgIpc) is 2.97. The molecular weight excluding hydrogens is 390 g/mol. The van der Waals surface area contributed by atoms with Crippen molar-refractivity contribution in [2.75, 3.05) is 0 Å². The highest BCUT2D eigenvalue weighted by atomic mass is 32.2. The summed E-state index contributed by atoms with van der Waals surface area (Å²) in [6, 6.07) is 11.2. The van der Waals surface area contributed by atoms with E-state index < -0.39 is 27.6 Å². The molecule has 7 heteroatoms. The summed E-state index contributed by atoms with van der Waals surface area (Å²) in [5.41, 5.74) is 0.597. The molecule has 0 aliphatic heterocycles. The van der Waals surface area contributed by atoms with Gasteiger partial charge in [0.2, 0.25) is 10.0 Å². The van der Waals surface area contributed by atoms with Gasteiger partial charge in [-0.2, -0.15) is 4.72 Å². The van der Waals surface area contributed by atoms with Crippen LogP contribution in [0.15, 0.2) is 51.8 Å². The van der Waals surface area contributed by atoms with Crippen molar-refractivity contribution >= 4 is 37.9 Å². The fourth-order valence-electron chi connectivity index (χ4n) is 3.16. The molecule has 0 radical (unpaired) electrons. The van der Waals surface area contributed by atoms with E-state index in [0.29, 0.717) is 23.0 Å². The number of furan rings is 1. The minimum atomic E-state index is -3.94. The van der Waals surface area contributed by atoms with Gasteiger partial charge < -0.3 is 9.15 Å². The van der Waals surface area contributed by atoms with Crippen molar-refractivity contribution < 1.29 is 22.4 Å². The molecule has 1 aromatic heterocycles. The predicted molar refractivity (Wildman–Crippen MR) is 113 cm³/mol. The summed E-state index contributed by atoms with van der Waals surface area (Å²) >= 11 is 0. The smallest absolute Gasteiger partial charge is 0.324 e. The molecule has 2 aromatic carbocycles. The Labute approximate surface area is 171 Å². The zero-order valence-corrected chi connectivity index (χ0v) is 18.2. The topological polar surface area (TPSA) is 85.6 Å². The van der Waals surface area contributed by atoms with E-state index >= 15 is 0 Å². The second-order valence-corrected chi connectivity index (χ2v) is 10.3. The first-order valence-corrected chi connectivity index (χ1v) is 11.1. The highest BCUT2D eigenvalue weighted by Gasteiger charge is 2.30. The third-order valence-corrected chi connectivity index (χ3v) is 5.82. The van der Waals surface area contributed by atoms with Crippen molar-refractivity contribution in [1.29, 1.82) is 0 Å². The SMILES string of the molecule is CC(C)CC(NS(=O)(=O)c1ccc2oc3ccccc3c2c1)C(=O)OC(C)(C)C. The van der Waals surface area contributed by atoms with E-state index in [2.05, 4.69) is 4.72 Å². The van der Waals surface area contributed by atoms with Crippen LogP contribution < -0.4 is 4.72 Å². The number of hydrogen-bond donors (Lipinski definition) is 1. The van der Waals surface area contributed by atoms with E-state index in [1.165, 1.54) is 6.07 Å². The van der Waals surface area contributed by atoms with Gasteiger partial charge in [0.05, 0.1) is 4.90 Å². The van der Waals surface area contributed by atoms with Crippen LogP contribution in [0.2, 0.25) is 0 Å². The number of hydrogen-bond acceptors (Lipinski definition) is 5. The summed E-state index contributed by atoms with van der Waals surface area (Å²) in [6.45, 7) is 9.11. The number of fused-ring (bicyclic) bond motifs is 3. The van der Waals surface area contributed by atoms with Gasteiger partial charge in [-0.25, -0.2) is 8.42 Å². The molecule has 0 spiro atoms. The standard InChI is InChI=1S/C22H27NO5S/c1-14(2)12-18(21(24)28-22(3,4)5)23-29(25,26)15-10-11-20-17(13-15)16-8-6-7-9-19(16)27-20/h6-11,13-14,18,23H,12H2,1-5H3. The van der Waals surface area contributed by atoms with Crippen LogP contribution in [0.1, 0.15) is 41.0 Å². The van der Waals surface area contributed by atoms with E-state index in [9.17, 15) is 13.2 Å². The maximum Gasteiger partial charge on any atom is 0.324 e. The summed E-state index contributed by atoms with van der Waals surface area (Å²) in [5, 5.41) is 1.55. The maximum absolute atomic E-state index is 13.0. The molecule has 1 heterocycles. The maximum atomic E-state index is 13.0. The van der Waals surface area contributed by atoms with E-state index in [1.807, 2.05) is 38.1 Å². The molecule has 0 amide bonds. The Bertz CT molecular complexity index is 1140. The number of rotatable bonds is 6. The van der Waals surface area contributed by atoms with Gasteiger partial charge in [0.1, 0.15) is 22.8 Å². The van der Waals surface area contributed by atoms with Gasteiger partial charge in [-0.15, -0.1) is 0 Å². The molecule has 29 heavy (non-hydrogen) atoms. The van der Waals surface area contributed by atoms with Crippen LogP contribution in [-0.2, 0) is 19.6 Å². The number of carbonyl (C=O) groups excluding carboxylic acids is 1. The fourth-order valence-corrected chi connectivity index (χ4v) is 4.39. The minimum absolute atomic E-state index is 0.0777. The van der Waals surface area contributed by atoms with Gasteiger partial charge in [0.15, 0.2) is 0 Å². The third kappa shape index (κ3) is 4.97. The van der Waals surface area contributed by atoms with Gasteiger partial charge >= 0.3 is 5.97 Å². The van der Waals surface area contributed by atoms with Crippen molar-refractivity contribution in [3.63, 3.8) is 0 Å². The first-order chi connectivity index (χ1) is 13.5. The van der Waals surface area contributed by atoms with Gasteiger partial charge in [0, 0.05) is 10.8 Å². The Morgan fingerprint density at radius 1 is 1.07 bits per heavy atom. The number of ether oxygens (including phenoxy) is 1. The lowest BCUT2D eigenvalue weighted by Gasteiger charge is -2.25. The van der Waals surface area contributed by atoms with Crippen molar-refractivity contribution in [2.24, 2.45) is 5.92 Å². The molecule has 156 valence electrons. The summed E-state index contributed by atoms with van der Waals surface area (Å²) < 4.78 is 39.8.